The first-order valence-corrected chi connectivity index (χ1v) is 9.57. The van der Waals surface area contributed by atoms with E-state index in [1.807, 2.05) is 54.3 Å². The first-order valence-electron chi connectivity index (χ1n) is 9.57. The second-order valence-corrected chi connectivity index (χ2v) is 7.27. The summed E-state index contributed by atoms with van der Waals surface area (Å²) in [4.78, 5) is 14.7. The van der Waals surface area contributed by atoms with Crippen LogP contribution in [0.2, 0.25) is 0 Å². The molecule has 6 heteroatoms. The van der Waals surface area contributed by atoms with E-state index in [0.717, 1.165) is 12.0 Å². The fourth-order valence-electron chi connectivity index (χ4n) is 3.66. The molecule has 28 heavy (non-hydrogen) atoms. The van der Waals surface area contributed by atoms with Crippen molar-refractivity contribution in [1.82, 2.24) is 25.5 Å². The van der Waals surface area contributed by atoms with Crippen LogP contribution in [-0.2, 0) is 6.54 Å². The molecule has 0 bridgehead atoms. The molecule has 1 aliphatic heterocycles. The number of amides is 1. The first-order chi connectivity index (χ1) is 13.7. The molecule has 1 amide bonds. The molecule has 0 aliphatic carbocycles. The molecule has 2 aromatic carbocycles. The summed E-state index contributed by atoms with van der Waals surface area (Å²) in [6.45, 7) is 1.31. The van der Waals surface area contributed by atoms with Crippen LogP contribution in [-0.4, -0.2) is 40.2 Å². The largest absolute Gasteiger partial charge is 0.340 e. The minimum absolute atomic E-state index is 0.0345. The third-order valence-corrected chi connectivity index (χ3v) is 5.10. The minimum Gasteiger partial charge on any atom is -0.340 e. The number of hydrazine groups is 1. The van der Waals surface area contributed by atoms with Crippen molar-refractivity contribution >= 4 is 5.91 Å². The van der Waals surface area contributed by atoms with Crippen LogP contribution in [0.3, 0.4) is 0 Å². The maximum Gasteiger partial charge on any atom is 0.253 e. The van der Waals surface area contributed by atoms with E-state index >= 15 is 0 Å². The second-order valence-electron chi connectivity index (χ2n) is 7.27. The maximum atomic E-state index is 12.9. The van der Waals surface area contributed by atoms with Crippen LogP contribution in [0.25, 0.3) is 0 Å². The van der Waals surface area contributed by atoms with Gasteiger partial charge in [0.1, 0.15) is 0 Å². The summed E-state index contributed by atoms with van der Waals surface area (Å²) in [5.41, 5.74) is 9.70. The van der Waals surface area contributed by atoms with Crippen molar-refractivity contribution < 1.29 is 4.79 Å². The molecule has 1 aromatic heterocycles. The van der Waals surface area contributed by atoms with Gasteiger partial charge in [-0.3, -0.25) is 14.9 Å². The average Bonchev–Trinajstić information content (AvgIpc) is 3.40. The van der Waals surface area contributed by atoms with Gasteiger partial charge < -0.3 is 4.90 Å². The molecular weight excluding hydrogens is 350 g/mol. The summed E-state index contributed by atoms with van der Waals surface area (Å²) >= 11 is 0. The molecule has 1 aliphatic rings. The lowest BCUT2D eigenvalue weighted by atomic mass is 10.0. The summed E-state index contributed by atoms with van der Waals surface area (Å²) in [7, 11) is 1.86. The highest BCUT2D eigenvalue weighted by atomic mass is 16.2. The lowest BCUT2D eigenvalue weighted by Crippen LogP contribution is -2.41. The van der Waals surface area contributed by atoms with Crippen molar-refractivity contribution in [3.63, 3.8) is 0 Å². The second kappa shape index (κ2) is 8.37. The first kappa shape index (κ1) is 18.4. The number of nitrogens with zero attached hydrogens (tertiary/aromatic N) is 3. The minimum atomic E-state index is 0.0345. The highest BCUT2D eigenvalue weighted by Gasteiger charge is 2.27. The van der Waals surface area contributed by atoms with Crippen molar-refractivity contribution in [2.45, 2.75) is 25.0 Å². The molecule has 2 N–H and O–H groups in total. The molecule has 3 aromatic rings. The molecule has 1 fully saturated rings. The standard InChI is InChI=1S/C22H25N5O/c1-26(16-20-14-21(25-24-20)18-8-3-2-4-9-18)22(28)19-10-5-7-17(13-19)15-27-12-6-11-23-27/h2-13,20-21,24-25H,14-16H2,1H3. The Kier molecular flexibility index (Phi) is 5.50. The van der Waals surface area contributed by atoms with Gasteiger partial charge in [0.05, 0.1) is 6.54 Å². The summed E-state index contributed by atoms with van der Waals surface area (Å²) in [5.74, 6) is 0.0345. The van der Waals surface area contributed by atoms with Gasteiger partial charge in [0.2, 0.25) is 0 Å². The lowest BCUT2D eigenvalue weighted by molar-refractivity contribution is 0.0782. The number of hydrogen-bond acceptors (Lipinski definition) is 4. The fraction of sp³-hybridized carbons (Fsp3) is 0.273. The summed E-state index contributed by atoms with van der Waals surface area (Å²) in [6.07, 6.45) is 4.62. The van der Waals surface area contributed by atoms with Crippen molar-refractivity contribution in [3.05, 3.63) is 89.7 Å². The van der Waals surface area contributed by atoms with E-state index < -0.39 is 0 Å². The van der Waals surface area contributed by atoms with Gasteiger partial charge in [-0.15, -0.1) is 0 Å². The van der Waals surface area contributed by atoms with E-state index in [2.05, 4.69) is 40.2 Å². The Morgan fingerprint density at radius 3 is 2.79 bits per heavy atom. The zero-order valence-electron chi connectivity index (χ0n) is 16.0. The van der Waals surface area contributed by atoms with Gasteiger partial charge in [-0.2, -0.15) is 5.10 Å². The van der Waals surface area contributed by atoms with E-state index in [1.165, 1.54) is 5.56 Å². The molecule has 4 rings (SSSR count). The predicted octanol–water partition coefficient (Wildman–Crippen LogP) is 2.61. The zero-order valence-corrected chi connectivity index (χ0v) is 16.0. The summed E-state index contributed by atoms with van der Waals surface area (Å²) in [6, 6.07) is 20.5. The van der Waals surface area contributed by atoms with Crippen LogP contribution in [0.15, 0.2) is 73.1 Å². The Labute approximate surface area is 165 Å². The number of aromatic nitrogens is 2. The van der Waals surface area contributed by atoms with E-state index in [1.54, 1.807) is 11.1 Å². The van der Waals surface area contributed by atoms with Gasteiger partial charge >= 0.3 is 0 Å². The number of benzene rings is 2. The highest BCUT2D eigenvalue weighted by Crippen LogP contribution is 2.22. The van der Waals surface area contributed by atoms with Crippen LogP contribution < -0.4 is 10.9 Å². The normalized spacial score (nSPS) is 18.9. The molecule has 1 saturated heterocycles. The highest BCUT2D eigenvalue weighted by molar-refractivity contribution is 5.94. The quantitative estimate of drug-likeness (QED) is 0.695. The van der Waals surface area contributed by atoms with Crippen molar-refractivity contribution in [3.8, 4) is 0 Å². The molecule has 0 radical (unpaired) electrons. The number of likely N-dealkylation sites (N-methyl/N-ethyl adjacent to an activating group) is 1. The molecular formula is C22H25N5O. The van der Waals surface area contributed by atoms with Crippen molar-refractivity contribution in [2.75, 3.05) is 13.6 Å². The van der Waals surface area contributed by atoms with Crippen molar-refractivity contribution in [2.24, 2.45) is 0 Å². The van der Waals surface area contributed by atoms with Crippen LogP contribution in [0.1, 0.15) is 33.9 Å². The number of hydrogen-bond donors (Lipinski definition) is 2. The Morgan fingerprint density at radius 1 is 1.14 bits per heavy atom. The Hall–Kier alpha value is -2.96. The average molecular weight is 375 g/mol. The van der Waals surface area contributed by atoms with Gasteiger partial charge in [0.15, 0.2) is 0 Å². The Balaban J connectivity index is 1.36. The van der Waals surface area contributed by atoms with Crippen LogP contribution in [0.5, 0.6) is 0 Å². The lowest BCUT2D eigenvalue weighted by Gasteiger charge is -2.21. The molecule has 2 atom stereocenters. The molecule has 2 heterocycles. The molecule has 0 saturated carbocycles. The van der Waals surface area contributed by atoms with E-state index in [9.17, 15) is 4.79 Å². The maximum absolute atomic E-state index is 12.9. The smallest absolute Gasteiger partial charge is 0.253 e. The number of carbonyl (C=O) groups excluding carboxylic acids is 1. The van der Waals surface area contributed by atoms with E-state index in [4.69, 9.17) is 0 Å². The summed E-state index contributed by atoms with van der Waals surface area (Å²) < 4.78 is 1.85. The van der Waals surface area contributed by atoms with Gasteiger partial charge in [-0.25, -0.2) is 5.43 Å². The molecule has 6 nitrogen and oxygen atoms in total. The number of carbonyl (C=O) groups is 1. The summed E-state index contributed by atoms with van der Waals surface area (Å²) in [5, 5.41) is 4.23. The van der Waals surface area contributed by atoms with Gasteiger partial charge in [-0.1, -0.05) is 42.5 Å². The van der Waals surface area contributed by atoms with Crippen LogP contribution in [0, 0.1) is 0 Å². The third kappa shape index (κ3) is 4.30. The monoisotopic (exact) mass is 375 g/mol. The van der Waals surface area contributed by atoms with Crippen LogP contribution in [0.4, 0.5) is 0 Å². The Morgan fingerprint density at radius 2 is 2.00 bits per heavy atom. The Bertz CT molecular complexity index is 910. The number of nitrogens with one attached hydrogen (secondary N) is 2. The van der Waals surface area contributed by atoms with Crippen molar-refractivity contribution in [1.29, 1.82) is 0 Å². The van der Waals surface area contributed by atoms with Gasteiger partial charge in [0.25, 0.3) is 5.91 Å². The van der Waals surface area contributed by atoms with Gasteiger partial charge in [0, 0.05) is 43.6 Å². The SMILES string of the molecule is CN(CC1CC(c2ccccc2)NN1)C(=O)c1cccc(Cn2cccn2)c1. The van der Waals surface area contributed by atoms with E-state index in [-0.39, 0.29) is 18.0 Å². The zero-order chi connectivity index (χ0) is 19.3. The molecule has 144 valence electrons. The number of rotatable bonds is 6. The van der Waals surface area contributed by atoms with Gasteiger partial charge in [-0.05, 0) is 35.7 Å². The van der Waals surface area contributed by atoms with E-state index in [0.29, 0.717) is 18.7 Å². The molecule has 2 unspecified atom stereocenters. The van der Waals surface area contributed by atoms with Crippen LogP contribution >= 0.6 is 0 Å². The fourth-order valence-corrected chi connectivity index (χ4v) is 3.66. The third-order valence-electron chi connectivity index (χ3n) is 5.10. The molecule has 0 spiro atoms. The predicted molar refractivity (Wildman–Crippen MR) is 109 cm³/mol. The topological polar surface area (TPSA) is 62.2 Å².